The first-order valence-corrected chi connectivity index (χ1v) is 6.06. The molecular weight excluding hydrogens is 213 g/mol. The molecule has 0 aromatic heterocycles. The quantitative estimate of drug-likeness (QED) is 0.402. The molecule has 4 unspecified atom stereocenters. The van der Waals surface area contributed by atoms with Gasteiger partial charge in [0.1, 0.15) is 0 Å². The van der Waals surface area contributed by atoms with Crippen molar-refractivity contribution < 1.29 is 9.59 Å². The Kier molecular flexibility index (Phi) is 2.98. The van der Waals surface area contributed by atoms with Gasteiger partial charge in [-0.3, -0.25) is 9.59 Å². The van der Waals surface area contributed by atoms with Crippen LogP contribution in [0.3, 0.4) is 0 Å². The highest BCUT2D eigenvalue weighted by Gasteiger charge is 2.55. The van der Waals surface area contributed by atoms with Gasteiger partial charge in [0.05, 0.1) is 11.8 Å². The van der Waals surface area contributed by atoms with Gasteiger partial charge in [-0.05, 0) is 32.1 Å². The fourth-order valence-corrected chi connectivity index (χ4v) is 3.21. The molecule has 1 aliphatic heterocycles. The lowest BCUT2D eigenvalue weighted by Crippen LogP contribution is -2.30. The van der Waals surface area contributed by atoms with E-state index in [2.05, 4.69) is 12.7 Å². The van der Waals surface area contributed by atoms with Gasteiger partial charge in [0, 0.05) is 0 Å². The van der Waals surface area contributed by atoms with Crippen molar-refractivity contribution >= 4 is 19.8 Å². The van der Waals surface area contributed by atoms with E-state index in [1.165, 1.54) is 10.4 Å². The van der Waals surface area contributed by atoms with Crippen molar-refractivity contribution in [2.45, 2.75) is 20.3 Å². The van der Waals surface area contributed by atoms with Crippen LogP contribution in [-0.4, -0.2) is 24.6 Å². The van der Waals surface area contributed by atoms with Crippen LogP contribution in [0.2, 0.25) is 0 Å². The number of carbonyl (C=O) groups is 2. The highest BCUT2D eigenvalue weighted by molar-refractivity contribution is 6.28. The van der Waals surface area contributed by atoms with E-state index < -0.39 is 0 Å². The van der Waals surface area contributed by atoms with Gasteiger partial charge in [0.15, 0.2) is 0 Å². The normalized spacial score (nSPS) is 36.0. The van der Waals surface area contributed by atoms with E-state index in [1.807, 2.05) is 19.9 Å². The van der Waals surface area contributed by atoms with Crippen LogP contribution in [0.25, 0.3) is 0 Å². The zero-order valence-corrected chi connectivity index (χ0v) is 10.6. The number of rotatable bonds is 2. The van der Waals surface area contributed by atoms with Gasteiger partial charge in [0.2, 0.25) is 19.8 Å². The molecule has 3 nitrogen and oxygen atoms in total. The first kappa shape index (κ1) is 12.2. The summed E-state index contributed by atoms with van der Waals surface area (Å²) in [5, 5.41) is 0. The number of amides is 2. The minimum atomic E-state index is -0.175. The molecule has 4 heteroatoms. The fraction of sp³-hybridized carbons (Fsp3) is 0.538. The second-order valence-corrected chi connectivity index (χ2v) is 5.33. The maximum atomic E-state index is 12.1. The van der Waals surface area contributed by atoms with E-state index in [4.69, 9.17) is 0 Å². The van der Waals surface area contributed by atoms with Crippen molar-refractivity contribution in [3.63, 3.8) is 0 Å². The van der Waals surface area contributed by atoms with Gasteiger partial charge in [-0.25, -0.2) is 0 Å². The summed E-state index contributed by atoms with van der Waals surface area (Å²) < 4.78 is 0. The predicted octanol–water partition coefficient (Wildman–Crippen LogP) is 0.924. The van der Waals surface area contributed by atoms with Crippen LogP contribution in [0.15, 0.2) is 24.3 Å². The van der Waals surface area contributed by atoms with Crippen LogP contribution in [0.4, 0.5) is 0 Å². The summed E-state index contributed by atoms with van der Waals surface area (Å²) in [7, 11) is 1.59. The van der Waals surface area contributed by atoms with E-state index in [9.17, 15) is 9.59 Å². The SMILES string of the molecule is BN1C(=O)C2C(C=C)CC(C=C(C)C)C2C1=O. The number of nitrogens with zero attached hydrogens (tertiary/aromatic N) is 1. The molecule has 0 bridgehead atoms. The van der Waals surface area contributed by atoms with Gasteiger partial charge in [0.25, 0.3) is 0 Å². The Morgan fingerprint density at radius 1 is 1.29 bits per heavy atom. The molecular formula is C13H18BNO2. The van der Waals surface area contributed by atoms with Crippen molar-refractivity contribution in [1.29, 1.82) is 0 Å². The molecule has 2 amide bonds. The molecule has 0 spiro atoms. The molecule has 2 rings (SSSR count). The monoisotopic (exact) mass is 231 g/mol. The third-order valence-electron chi connectivity index (χ3n) is 3.94. The summed E-state index contributed by atoms with van der Waals surface area (Å²) in [6, 6.07) is 0. The van der Waals surface area contributed by atoms with Gasteiger partial charge < -0.3 is 4.81 Å². The summed E-state index contributed by atoms with van der Waals surface area (Å²) in [6.45, 7) is 7.86. The van der Waals surface area contributed by atoms with Crippen molar-refractivity contribution in [3.05, 3.63) is 24.3 Å². The Bertz CT molecular complexity index is 412. The summed E-state index contributed by atoms with van der Waals surface area (Å²) >= 11 is 0. The molecule has 2 fully saturated rings. The maximum Gasteiger partial charge on any atom is 0.231 e. The topological polar surface area (TPSA) is 37.4 Å². The fourth-order valence-electron chi connectivity index (χ4n) is 3.21. The lowest BCUT2D eigenvalue weighted by Gasteiger charge is -2.14. The summed E-state index contributed by atoms with van der Waals surface area (Å²) in [4.78, 5) is 25.4. The zero-order chi connectivity index (χ0) is 12.7. The van der Waals surface area contributed by atoms with E-state index in [1.54, 1.807) is 7.98 Å². The smallest absolute Gasteiger partial charge is 0.231 e. The van der Waals surface area contributed by atoms with E-state index >= 15 is 0 Å². The standard InChI is InChI=1S/C13H18BNO2/c1-4-8-6-9(5-7(2)3)11-10(8)12(16)15(14)13(11)17/h4-5,8-11H,1,6,14H2,2-3H3. The number of hydrogen-bond donors (Lipinski definition) is 0. The Morgan fingerprint density at radius 2 is 1.82 bits per heavy atom. The van der Waals surface area contributed by atoms with E-state index in [0.29, 0.717) is 0 Å². The van der Waals surface area contributed by atoms with E-state index in [0.717, 1.165) is 6.42 Å². The van der Waals surface area contributed by atoms with Crippen molar-refractivity contribution in [2.75, 3.05) is 0 Å². The molecule has 1 heterocycles. The van der Waals surface area contributed by atoms with Gasteiger partial charge in [-0.1, -0.05) is 17.7 Å². The van der Waals surface area contributed by atoms with Crippen LogP contribution in [-0.2, 0) is 9.59 Å². The number of hydrogen-bond acceptors (Lipinski definition) is 2. The zero-order valence-electron chi connectivity index (χ0n) is 10.6. The largest absolute Gasteiger partial charge is 0.336 e. The number of imide groups is 1. The summed E-state index contributed by atoms with van der Waals surface area (Å²) in [5.41, 5.74) is 1.20. The van der Waals surface area contributed by atoms with Crippen molar-refractivity contribution in [1.82, 2.24) is 4.81 Å². The first-order valence-electron chi connectivity index (χ1n) is 6.06. The molecule has 2 aliphatic rings. The molecule has 4 atom stereocenters. The molecule has 0 aromatic rings. The minimum Gasteiger partial charge on any atom is -0.336 e. The van der Waals surface area contributed by atoms with Gasteiger partial charge in [-0.2, -0.15) is 0 Å². The molecule has 0 N–H and O–H groups in total. The third-order valence-corrected chi connectivity index (χ3v) is 3.94. The van der Waals surface area contributed by atoms with Gasteiger partial charge in [-0.15, -0.1) is 6.58 Å². The third kappa shape index (κ3) is 1.76. The lowest BCUT2D eigenvalue weighted by molar-refractivity contribution is -0.134. The van der Waals surface area contributed by atoms with Crippen LogP contribution in [0.1, 0.15) is 20.3 Å². The van der Waals surface area contributed by atoms with Crippen molar-refractivity contribution in [3.8, 4) is 0 Å². The molecule has 1 saturated carbocycles. The number of carbonyl (C=O) groups excluding carboxylic acids is 2. The first-order chi connectivity index (χ1) is 7.97. The van der Waals surface area contributed by atoms with Crippen LogP contribution in [0, 0.1) is 23.7 Å². The van der Waals surface area contributed by atoms with Crippen LogP contribution >= 0.6 is 0 Å². The molecule has 90 valence electrons. The average molecular weight is 231 g/mol. The Morgan fingerprint density at radius 3 is 2.29 bits per heavy atom. The maximum absolute atomic E-state index is 12.1. The van der Waals surface area contributed by atoms with Crippen molar-refractivity contribution in [2.24, 2.45) is 23.7 Å². The summed E-state index contributed by atoms with van der Waals surface area (Å²) in [5.74, 6) is -0.0613. The molecule has 0 radical (unpaired) electrons. The molecule has 1 aliphatic carbocycles. The van der Waals surface area contributed by atoms with Crippen LogP contribution in [0.5, 0.6) is 0 Å². The summed E-state index contributed by atoms with van der Waals surface area (Å²) in [6.07, 6.45) is 4.84. The van der Waals surface area contributed by atoms with Gasteiger partial charge >= 0.3 is 0 Å². The Balaban J connectivity index is 2.37. The van der Waals surface area contributed by atoms with E-state index in [-0.39, 0.29) is 35.5 Å². The minimum absolute atomic E-state index is 0.0214. The predicted molar refractivity (Wildman–Crippen MR) is 68.6 cm³/mol. The Labute approximate surface area is 103 Å². The average Bonchev–Trinajstić information content (AvgIpc) is 2.72. The molecule has 1 saturated heterocycles. The highest BCUT2D eigenvalue weighted by Crippen LogP contribution is 2.48. The second-order valence-electron chi connectivity index (χ2n) is 5.33. The second kappa shape index (κ2) is 4.17. The molecule has 17 heavy (non-hydrogen) atoms. The van der Waals surface area contributed by atoms with Crippen LogP contribution < -0.4 is 0 Å². The Hall–Kier alpha value is -1.32. The molecule has 0 aromatic carbocycles. The number of fused-ring (bicyclic) bond motifs is 1. The lowest BCUT2D eigenvalue weighted by atomic mass is 9.88. The highest BCUT2D eigenvalue weighted by atomic mass is 16.2. The number of allylic oxidation sites excluding steroid dienone is 3.